The number of sulfone groups is 1. The predicted molar refractivity (Wildman–Crippen MR) is 159 cm³/mol. The molecule has 0 saturated heterocycles. The first-order chi connectivity index (χ1) is 18.9. The van der Waals surface area contributed by atoms with E-state index in [-0.39, 0.29) is 23.0 Å². The van der Waals surface area contributed by atoms with E-state index in [2.05, 4.69) is 10.6 Å². The van der Waals surface area contributed by atoms with Gasteiger partial charge in [0.25, 0.3) is 0 Å². The van der Waals surface area contributed by atoms with Crippen molar-refractivity contribution >= 4 is 21.2 Å². The summed E-state index contributed by atoms with van der Waals surface area (Å²) in [6, 6.07) is 30.5. The third-order valence-electron chi connectivity index (χ3n) is 6.70. The maximum absolute atomic E-state index is 12.6. The molecular formula is C32H36N2O4S. The van der Waals surface area contributed by atoms with Gasteiger partial charge in [0, 0.05) is 35.6 Å². The number of aromatic hydroxyl groups is 2. The zero-order valence-corrected chi connectivity index (χ0v) is 22.8. The first-order valence-corrected chi connectivity index (χ1v) is 15.1. The number of benzene rings is 4. The highest BCUT2D eigenvalue weighted by Crippen LogP contribution is 2.20. The largest absolute Gasteiger partial charge is 0.508 e. The number of nitrogens with one attached hydrogen (secondary N) is 2. The van der Waals surface area contributed by atoms with E-state index in [1.807, 2.05) is 72.8 Å². The zero-order valence-electron chi connectivity index (χ0n) is 22.0. The van der Waals surface area contributed by atoms with Crippen LogP contribution in [0.1, 0.15) is 35.1 Å². The first-order valence-electron chi connectivity index (χ1n) is 13.3. The summed E-state index contributed by atoms with van der Waals surface area (Å²) in [5.41, 5.74) is 5.79. The lowest BCUT2D eigenvalue weighted by atomic mass is 10.1. The average Bonchev–Trinajstić information content (AvgIpc) is 2.93. The van der Waals surface area contributed by atoms with Gasteiger partial charge in [0.05, 0.1) is 11.5 Å². The smallest absolute Gasteiger partial charge is 0.150 e. The molecule has 4 aromatic rings. The Hall–Kier alpha value is -3.97. The number of hydrogen-bond acceptors (Lipinski definition) is 6. The molecule has 0 aliphatic rings. The molecule has 6 nitrogen and oxygen atoms in total. The van der Waals surface area contributed by atoms with Crippen molar-refractivity contribution in [3.05, 3.63) is 119 Å². The fourth-order valence-electron chi connectivity index (χ4n) is 4.39. The average molecular weight is 545 g/mol. The van der Waals surface area contributed by atoms with Gasteiger partial charge in [0.2, 0.25) is 0 Å². The summed E-state index contributed by atoms with van der Waals surface area (Å²) in [6.07, 6.45) is 2.64. The Morgan fingerprint density at radius 1 is 0.538 bits per heavy atom. The highest BCUT2D eigenvalue weighted by molar-refractivity contribution is 7.91. The van der Waals surface area contributed by atoms with E-state index in [1.165, 1.54) is 0 Å². The van der Waals surface area contributed by atoms with Crippen LogP contribution in [0.15, 0.2) is 97.1 Å². The summed E-state index contributed by atoms with van der Waals surface area (Å²) in [7, 11) is -3.10. The van der Waals surface area contributed by atoms with Gasteiger partial charge < -0.3 is 20.8 Å². The Morgan fingerprint density at radius 2 is 0.923 bits per heavy atom. The Balaban J connectivity index is 1.13. The molecule has 0 radical (unpaired) electrons. The monoisotopic (exact) mass is 544 g/mol. The Bertz CT molecular complexity index is 1330. The molecule has 0 aliphatic heterocycles. The van der Waals surface area contributed by atoms with Crippen molar-refractivity contribution in [2.24, 2.45) is 0 Å². The quantitative estimate of drug-likeness (QED) is 0.149. The second-order valence-corrected chi connectivity index (χ2v) is 12.0. The second-order valence-electron chi connectivity index (χ2n) is 9.72. The number of aryl methyl sites for hydroxylation is 2. The summed E-state index contributed by atoms with van der Waals surface area (Å²) in [5, 5.41) is 26.3. The van der Waals surface area contributed by atoms with Crippen LogP contribution in [0, 0.1) is 0 Å². The number of hydrogen-bond donors (Lipinski definition) is 4. The van der Waals surface area contributed by atoms with E-state index >= 15 is 0 Å². The minimum absolute atomic E-state index is 0.190. The van der Waals surface area contributed by atoms with Gasteiger partial charge in [-0.25, -0.2) is 8.42 Å². The van der Waals surface area contributed by atoms with Crippen LogP contribution >= 0.6 is 0 Å². The normalized spacial score (nSPS) is 11.3. The summed E-state index contributed by atoms with van der Waals surface area (Å²) < 4.78 is 25.1. The SMILES string of the molecule is O=S(=O)(CCCc1ccc(NCc2ccccc2O)cc1)CCCc1ccc(NCc2ccccc2O)cc1. The lowest BCUT2D eigenvalue weighted by Gasteiger charge is -2.10. The van der Waals surface area contributed by atoms with Gasteiger partial charge >= 0.3 is 0 Å². The van der Waals surface area contributed by atoms with Crippen LogP contribution in [0.3, 0.4) is 0 Å². The van der Waals surface area contributed by atoms with Crippen molar-refractivity contribution in [2.75, 3.05) is 22.1 Å². The predicted octanol–water partition coefficient (Wildman–Crippen LogP) is 6.30. The fourth-order valence-corrected chi connectivity index (χ4v) is 5.76. The van der Waals surface area contributed by atoms with E-state index < -0.39 is 9.84 Å². The van der Waals surface area contributed by atoms with Crippen LogP contribution in [-0.4, -0.2) is 30.1 Å². The third kappa shape index (κ3) is 9.07. The molecule has 4 N–H and O–H groups in total. The highest BCUT2D eigenvalue weighted by atomic mass is 32.2. The highest BCUT2D eigenvalue weighted by Gasteiger charge is 2.11. The van der Waals surface area contributed by atoms with Crippen molar-refractivity contribution in [1.29, 1.82) is 0 Å². The molecule has 0 amide bonds. The third-order valence-corrected chi connectivity index (χ3v) is 8.52. The van der Waals surface area contributed by atoms with Gasteiger partial charge in [-0.2, -0.15) is 0 Å². The van der Waals surface area contributed by atoms with Gasteiger partial charge in [-0.1, -0.05) is 60.7 Å². The number of para-hydroxylation sites is 2. The van der Waals surface area contributed by atoms with E-state index in [0.29, 0.717) is 38.8 Å². The molecule has 0 bridgehead atoms. The Morgan fingerprint density at radius 3 is 1.31 bits per heavy atom. The van der Waals surface area contributed by atoms with Crippen LogP contribution in [0.25, 0.3) is 0 Å². The van der Waals surface area contributed by atoms with Crippen LogP contribution < -0.4 is 10.6 Å². The minimum Gasteiger partial charge on any atom is -0.508 e. The molecule has 0 unspecified atom stereocenters. The fraction of sp³-hybridized carbons (Fsp3) is 0.250. The van der Waals surface area contributed by atoms with Gasteiger partial charge in [0.15, 0.2) is 0 Å². The van der Waals surface area contributed by atoms with Crippen LogP contribution in [0.5, 0.6) is 11.5 Å². The van der Waals surface area contributed by atoms with Crippen LogP contribution in [0.2, 0.25) is 0 Å². The molecule has 0 fully saturated rings. The Kier molecular flexibility index (Phi) is 9.86. The molecule has 0 saturated carbocycles. The summed E-state index contributed by atoms with van der Waals surface area (Å²) in [5.74, 6) is 0.926. The van der Waals surface area contributed by atoms with Crippen molar-refractivity contribution in [3.63, 3.8) is 0 Å². The lowest BCUT2D eigenvalue weighted by Crippen LogP contribution is -2.12. The van der Waals surface area contributed by atoms with Crippen LogP contribution in [-0.2, 0) is 35.8 Å². The molecule has 4 rings (SSSR count). The topological polar surface area (TPSA) is 98.7 Å². The molecule has 0 spiro atoms. The molecule has 39 heavy (non-hydrogen) atoms. The maximum Gasteiger partial charge on any atom is 0.150 e. The molecule has 0 aliphatic carbocycles. The molecule has 204 valence electrons. The number of anilines is 2. The number of rotatable bonds is 14. The standard InChI is InChI=1S/C32H36N2O4S/c35-31-11-3-1-9-27(31)23-33-29-17-13-25(14-18-29)7-5-21-39(37,38)22-6-8-26-15-19-30(20-16-26)34-24-28-10-2-4-12-32(28)36/h1-4,9-20,33-36H,5-8,21-24H2. The van der Waals surface area contributed by atoms with E-state index in [9.17, 15) is 18.6 Å². The van der Waals surface area contributed by atoms with Gasteiger partial charge in [-0.3, -0.25) is 0 Å². The van der Waals surface area contributed by atoms with Crippen molar-refractivity contribution in [2.45, 2.75) is 38.8 Å². The zero-order chi connectivity index (χ0) is 27.5. The van der Waals surface area contributed by atoms with E-state index in [1.54, 1.807) is 24.3 Å². The molecule has 7 heteroatoms. The molecule has 0 atom stereocenters. The summed E-state index contributed by atoms with van der Waals surface area (Å²) in [4.78, 5) is 0. The van der Waals surface area contributed by atoms with Gasteiger partial charge in [-0.05, 0) is 73.2 Å². The maximum atomic E-state index is 12.6. The molecule has 0 aromatic heterocycles. The molecule has 0 heterocycles. The first kappa shape index (κ1) is 28.0. The number of phenols is 2. The van der Waals surface area contributed by atoms with Crippen molar-refractivity contribution < 1.29 is 18.6 Å². The van der Waals surface area contributed by atoms with Crippen molar-refractivity contribution in [1.82, 2.24) is 0 Å². The molecule has 4 aromatic carbocycles. The van der Waals surface area contributed by atoms with Crippen molar-refractivity contribution in [3.8, 4) is 11.5 Å². The van der Waals surface area contributed by atoms with E-state index in [0.717, 1.165) is 33.6 Å². The van der Waals surface area contributed by atoms with Crippen LogP contribution in [0.4, 0.5) is 11.4 Å². The molecular weight excluding hydrogens is 508 g/mol. The van der Waals surface area contributed by atoms with Gasteiger partial charge in [-0.15, -0.1) is 0 Å². The number of phenolic OH excluding ortho intramolecular Hbond substituents is 2. The lowest BCUT2D eigenvalue weighted by molar-refractivity contribution is 0.468. The minimum atomic E-state index is -3.10. The summed E-state index contributed by atoms with van der Waals surface area (Å²) in [6.45, 7) is 1.07. The second kappa shape index (κ2) is 13.7. The Labute approximate surface area is 231 Å². The van der Waals surface area contributed by atoms with E-state index in [4.69, 9.17) is 0 Å². The summed E-state index contributed by atoms with van der Waals surface area (Å²) >= 11 is 0. The van der Waals surface area contributed by atoms with Gasteiger partial charge in [0.1, 0.15) is 21.3 Å².